The van der Waals surface area contributed by atoms with Gasteiger partial charge in [-0.25, -0.2) is 19.9 Å². The van der Waals surface area contributed by atoms with Crippen LogP contribution in [0.1, 0.15) is 64.6 Å². The van der Waals surface area contributed by atoms with Gasteiger partial charge in [-0.1, -0.05) is 66.7 Å². The van der Waals surface area contributed by atoms with Crippen LogP contribution in [0, 0.1) is 0 Å². The fourth-order valence-corrected chi connectivity index (χ4v) is 8.16. The average Bonchev–Trinajstić information content (AvgIpc) is 4.03. The smallest absolute Gasteiger partial charge is 0.289 e. The molecule has 4 aromatic heterocycles. The maximum atomic E-state index is 13.7. The summed E-state index contributed by atoms with van der Waals surface area (Å²) in [7, 11) is 0. The number of aliphatic hydroxyl groups excluding tert-OH is 3. The minimum Gasteiger partial charge on any atom is -0.392 e. The second-order valence-corrected chi connectivity index (χ2v) is 15.2. The molecule has 2 aliphatic rings. The van der Waals surface area contributed by atoms with Crippen molar-refractivity contribution in [3.8, 4) is 0 Å². The molecule has 312 valence electrons. The molecule has 4 atom stereocenters. The van der Waals surface area contributed by atoms with Crippen LogP contribution in [0.25, 0.3) is 11.2 Å². The number of carbonyl (C=O) groups is 2. The Labute approximate surface area is 346 Å². The Morgan fingerprint density at radius 2 is 1.53 bits per heavy atom. The van der Waals surface area contributed by atoms with Gasteiger partial charge >= 0.3 is 0 Å². The normalized spacial score (nSPS) is 19.5. The van der Waals surface area contributed by atoms with Gasteiger partial charge in [0.15, 0.2) is 11.5 Å². The number of nitrogens with one attached hydrogen (secondary N) is 4. The fourth-order valence-electron chi connectivity index (χ4n) is 8.16. The Hall–Kier alpha value is -6.27. The summed E-state index contributed by atoms with van der Waals surface area (Å²) in [5.41, 5.74) is 3.45. The quantitative estimate of drug-likeness (QED) is 0.0698. The van der Waals surface area contributed by atoms with Crippen LogP contribution in [0.3, 0.4) is 0 Å². The van der Waals surface area contributed by atoms with Gasteiger partial charge in [0.25, 0.3) is 5.91 Å². The zero-order valence-corrected chi connectivity index (χ0v) is 33.1. The highest BCUT2D eigenvalue weighted by molar-refractivity contribution is 5.94. The molecule has 17 heteroatoms. The minimum absolute atomic E-state index is 0.0697. The number of anilines is 2. The van der Waals surface area contributed by atoms with Gasteiger partial charge in [0.1, 0.15) is 23.5 Å². The largest absolute Gasteiger partial charge is 0.392 e. The molecule has 0 bridgehead atoms. The molecule has 1 aliphatic carbocycles. The van der Waals surface area contributed by atoms with Gasteiger partial charge in [0.2, 0.25) is 11.7 Å². The molecule has 0 spiro atoms. The second kappa shape index (κ2) is 18.8. The molecule has 7 N–H and O–H groups in total. The molecule has 5 heterocycles. The van der Waals surface area contributed by atoms with E-state index in [0.717, 1.165) is 42.9 Å². The third kappa shape index (κ3) is 9.13. The molecule has 0 radical (unpaired) electrons. The molecule has 2 amide bonds. The molecule has 2 fully saturated rings. The Morgan fingerprint density at radius 3 is 2.22 bits per heavy atom. The second-order valence-electron chi connectivity index (χ2n) is 15.2. The highest BCUT2D eigenvalue weighted by Crippen LogP contribution is 2.40. The molecular weight excluding hydrogens is 765 g/mol. The number of aliphatic hydroxyl groups is 3. The Morgan fingerprint density at radius 1 is 0.833 bits per heavy atom. The van der Waals surface area contributed by atoms with E-state index in [-0.39, 0.29) is 56.4 Å². The molecule has 2 aromatic carbocycles. The average molecular weight is 815 g/mol. The summed E-state index contributed by atoms with van der Waals surface area (Å²) in [6, 6.07) is 25.0. The third-order valence-electron chi connectivity index (χ3n) is 11.4. The van der Waals surface area contributed by atoms with Crippen molar-refractivity contribution < 1.29 is 24.9 Å². The summed E-state index contributed by atoms with van der Waals surface area (Å²) in [6.45, 7) is 2.42. The number of amides is 2. The number of rotatable bonds is 16. The number of hydrogen-bond donors (Lipinski definition) is 7. The number of piperidine rings is 1. The molecule has 0 unspecified atom stereocenters. The Balaban J connectivity index is 0.955. The van der Waals surface area contributed by atoms with Gasteiger partial charge in [0, 0.05) is 62.6 Å². The lowest BCUT2D eigenvalue weighted by molar-refractivity contribution is -0.120. The van der Waals surface area contributed by atoms with Gasteiger partial charge in [-0.05, 0) is 42.5 Å². The number of imidazole rings is 1. The van der Waals surface area contributed by atoms with E-state index >= 15 is 0 Å². The van der Waals surface area contributed by atoms with Crippen LogP contribution in [0.15, 0.2) is 104 Å². The van der Waals surface area contributed by atoms with Gasteiger partial charge in [-0.15, -0.1) is 0 Å². The minimum atomic E-state index is -1.21. The fraction of sp³-hybridized carbons (Fsp3) is 0.372. The molecule has 60 heavy (non-hydrogen) atoms. The third-order valence-corrected chi connectivity index (χ3v) is 11.4. The van der Waals surface area contributed by atoms with Gasteiger partial charge in [0.05, 0.1) is 37.8 Å². The predicted molar refractivity (Wildman–Crippen MR) is 224 cm³/mol. The van der Waals surface area contributed by atoms with Crippen LogP contribution in [-0.2, 0) is 11.4 Å². The topological polar surface area (TPSA) is 220 Å². The standard InChI is InChI=1S/C43H50N12O5/c56-26-28-22-50-55(25-28)34-21-33(38(58)39(34)59)54-27-49-37-40(48-23-32(29-9-3-1-4-10-29)30-11-5-2-6-12-30)51-41(52-42(37)54)43(60)46-18-17-45-36(57)24-47-31-14-19-53(20-15-31)35-13-7-8-16-44-35/h1-13,16,22,25,27,31-34,38-39,47,56,58-59H,14-15,17-21,23-24,26H2,(H,45,57)(H,46,60)(H,48,51,52)/t33-,34+,38+,39-/m1/s1. The van der Waals surface area contributed by atoms with Crippen molar-refractivity contribution in [3.05, 3.63) is 126 Å². The van der Waals surface area contributed by atoms with Crippen molar-refractivity contribution in [2.24, 2.45) is 0 Å². The van der Waals surface area contributed by atoms with Crippen LogP contribution in [-0.4, -0.2) is 119 Å². The number of fused-ring (bicyclic) bond motifs is 1. The Bertz CT molecular complexity index is 2300. The number of hydrogen-bond acceptors (Lipinski definition) is 13. The number of benzene rings is 2. The molecule has 1 aliphatic heterocycles. The summed E-state index contributed by atoms with van der Waals surface area (Å²) in [4.78, 5) is 47.1. The van der Waals surface area contributed by atoms with E-state index in [1.165, 1.54) is 12.5 Å². The first kappa shape index (κ1) is 40.5. The lowest BCUT2D eigenvalue weighted by Crippen LogP contribution is -2.46. The maximum absolute atomic E-state index is 13.7. The van der Waals surface area contributed by atoms with E-state index in [9.17, 15) is 24.9 Å². The van der Waals surface area contributed by atoms with E-state index < -0.39 is 30.2 Å². The van der Waals surface area contributed by atoms with Crippen LogP contribution < -0.4 is 26.2 Å². The summed E-state index contributed by atoms with van der Waals surface area (Å²) in [6.07, 6.45) is 6.18. The van der Waals surface area contributed by atoms with E-state index in [4.69, 9.17) is 0 Å². The van der Waals surface area contributed by atoms with Crippen LogP contribution in [0.5, 0.6) is 0 Å². The van der Waals surface area contributed by atoms with Crippen molar-refractivity contribution in [2.45, 2.75) is 62.1 Å². The van der Waals surface area contributed by atoms with Crippen LogP contribution >= 0.6 is 0 Å². The monoisotopic (exact) mass is 814 g/mol. The van der Waals surface area contributed by atoms with Gasteiger partial charge in [-0.3, -0.25) is 14.3 Å². The van der Waals surface area contributed by atoms with Crippen molar-refractivity contribution in [2.75, 3.05) is 49.5 Å². The van der Waals surface area contributed by atoms with E-state index in [1.807, 2.05) is 54.6 Å². The Kier molecular flexibility index (Phi) is 12.7. The first-order valence-corrected chi connectivity index (χ1v) is 20.4. The molecular formula is C43H50N12O5. The summed E-state index contributed by atoms with van der Waals surface area (Å²) < 4.78 is 3.22. The van der Waals surface area contributed by atoms with Crippen molar-refractivity contribution in [3.63, 3.8) is 0 Å². The highest BCUT2D eigenvalue weighted by atomic mass is 16.3. The summed E-state index contributed by atoms with van der Waals surface area (Å²) in [5, 5.41) is 48.9. The van der Waals surface area contributed by atoms with Crippen LogP contribution in [0.4, 0.5) is 11.6 Å². The van der Waals surface area contributed by atoms with Gasteiger partial charge < -0.3 is 46.1 Å². The van der Waals surface area contributed by atoms with E-state index in [0.29, 0.717) is 29.1 Å². The van der Waals surface area contributed by atoms with E-state index in [2.05, 4.69) is 75.5 Å². The van der Waals surface area contributed by atoms with Crippen LogP contribution in [0.2, 0.25) is 0 Å². The maximum Gasteiger partial charge on any atom is 0.289 e. The summed E-state index contributed by atoms with van der Waals surface area (Å²) in [5.74, 6) is 0.367. The molecule has 17 nitrogen and oxygen atoms in total. The predicted octanol–water partition coefficient (Wildman–Crippen LogP) is 2.17. The zero-order valence-electron chi connectivity index (χ0n) is 33.1. The number of aromatic nitrogens is 7. The van der Waals surface area contributed by atoms with Crippen molar-refractivity contribution in [1.82, 2.24) is 50.2 Å². The van der Waals surface area contributed by atoms with Gasteiger partial charge in [-0.2, -0.15) is 5.10 Å². The molecule has 1 saturated heterocycles. The lowest BCUT2D eigenvalue weighted by Gasteiger charge is -2.33. The number of nitrogens with zero attached hydrogens (tertiary/aromatic N) is 8. The molecule has 8 rings (SSSR count). The first-order valence-electron chi connectivity index (χ1n) is 20.4. The molecule has 1 saturated carbocycles. The van der Waals surface area contributed by atoms with Crippen molar-refractivity contribution in [1.29, 1.82) is 0 Å². The SMILES string of the molecule is O=C(CNC1CCN(c2ccccn2)CC1)NCCNC(=O)c1nc(NCC(c2ccccc2)c2ccccc2)c2ncn([C@@H]3C[C@H](n4cc(CO)cn4)[C@@H](O)[C@H]3O)c2n1. The first-order chi connectivity index (χ1) is 29.4. The van der Waals surface area contributed by atoms with Crippen molar-refractivity contribution >= 4 is 34.6 Å². The molecule has 6 aromatic rings. The lowest BCUT2D eigenvalue weighted by atomic mass is 9.91. The number of carbonyl (C=O) groups excluding carboxylic acids is 2. The summed E-state index contributed by atoms with van der Waals surface area (Å²) >= 11 is 0. The van der Waals surface area contributed by atoms with E-state index in [1.54, 1.807) is 21.6 Å². The zero-order chi connectivity index (χ0) is 41.4. The number of pyridine rings is 1. The highest BCUT2D eigenvalue weighted by Gasteiger charge is 2.44.